The minimum atomic E-state index is 0.124. The van der Waals surface area contributed by atoms with Crippen molar-refractivity contribution in [3.05, 3.63) is 96.6 Å². The Bertz CT molecular complexity index is 962. The Hall–Kier alpha value is -1.26. The first kappa shape index (κ1) is 19.1. The quantitative estimate of drug-likeness (QED) is 0.357. The predicted molar refractivity (Wildman–Crippen MR) is 129 cm³/mol. The molecule has 136 valence electrons. The first-order valence-corrected chi connectivity index (χ1v) is 11.4. The molecule has 3 aromatic rings. The van der Waals surface area contributed by atoms with Gasteiger partial charge in [-0.25, -0.2) is 0 Å². The van der Waals surface area contributed by atoms with E-state index in [1.165, 1.54) is 14.7 Å². The van der Waals surface area contributed by atoms with Crippen LogP contribution in [0, 0.1) is 7.14 Å². The van der Waals surface area contributed by atoms with Gasteiger partial charge in [-0.2, -0.15) is 5.10 Å². The number of hydrogen-bond donors (Lipinski definition) is 1. The first-order valence-electron chi connectivity index (χ1n) is 8.41. The van der Waals surface area contributed by atoms with E-state index in [9.17, 15) is 0 Å². The summed E-state index contributed by atoms with van der Waals surface area (Å²) in [6.45, 7) is 0.573. The standard InChI is InChI=1S/C21H16I2N2OS/c22-17-9-6-14(7-10-17)13-26-19-11-8-16(12-18(19)23)21-25-24-20(27-21)15-4-2-1-3-5-15/h1-12,21,25H,13H2/t21-/m0/s1. The van der Waals surface area contributed by atoms with Gasteiger partial charge in [-0.1, -0.05) is 60.3 Å². The number of hydrazone groups is 1. The van der Waals surface area contributed by atoms with Gasteiger partial charge in [0.15, 0.2) is 0 Å². The number of benzene rings is 3. The third kappa shape index (κ3) is 4.78. The van der Waals surface area contributed by atoms with Crippen LogP contribution in [0.1, 0.15) is 22.1 Å². The summed E-state index contributed by atoms with van der Waals surface area (Å²) in [4.78, 5) is 0. The van der Waals surface area contributed by atoms with E-state index in [0.29, 0.717) is 6.61 Å². The van der Waals surface area contributed by atoms with E-state index in [1.54, 1.807) is 11.8 Å². The highest BCUT2D eigenvalue weighted by atomic mass is 127. The van der Waals surface area contributed by atoms with E-state index in [1.807, 2.05) is 24.3 Å². The SMILES string of the molecule is Ic1ccc(COc2ccc([C@H]3NN=C(c4ccccc4)S3)cc2I)cc1. The highest BCUT2D eigenvalue weighted by Gasteiger charge is 2.22. The minimum Gasteiger partial charge on any atom is -0.488 e. The van der Waals surface area contributed by atoms with E-state index < -0.39 is 0 Å². The molecule has 0 unspecified atom stereocenters. The zero-order valence-corrected chi connectivity index (χ0v) is 19.4. The van der Waals surface area contributed by atoms with Crippen LogP contribution in [0.25, 0.3) is 0 Å². The van der Waals surface area contributed by atoms with Crippen molar-refractivity contribution in [2.24, 2.45) is 5.10 Å². The van der Waals surface area contributed by atoms with Crippen molar-refractivity contribution in [1.29, 1.82) is 0 Å². The fraction of sp³-hybridized carbons (Fsp3) is 0.0952. The molecule has 0 saturated heterocycles. The summed E-state index contributed by atoms with van der Waals surface area (Å²) in [6.07, 6.45) is 0. The third-order valence-electron chi connectivity index (χ3n) is 4.10. The molecule has 1 heterocycles. The summed E-state index contributed by atoms with van der Waals surface area (Å²) in [5, 5.41) is 5.64. The smallest absolute Gasteiger partial charge is 0.133 e. The van der Waals surface area contributed by atoms with Crippen molar-refractivity contribution >= 4 is 62.0 Å². The normalized spacial score (nSPS) is 15.9. The van der Waals surface area contributed by atoms with Gasteiger partial charge < -0.3 is 4.74 Å². The Morgan fingerprint density at radius 1 is 0.963 bits per heavy atom. The van der Waals surface area contributed by atoms with Crippen molar-refractivity contribution in [1.82, 2.24) is 5.43 Å². The lowest BCUT2D eigenvalue weighted by Gasteiger charge is -2.13. The molecule has 0 aromatic heterocycles. The zero-order chi connectivity index (χ0) is 18.6. The van der Waals surface area contributed by atoms with Gasteiger partial charge in [-0.05, 0) is 80.6 Å². The molecule has 0 spiro atoms. The molecule has 6 heteroatoms. The summed E-state index contributed by atoms with van der Waals surface area (Å²) in [5.74, 6) is 0.907. The van der Waals surface area contributed by atoms with Gasteiger partial charge in [-0.15, -0.1) is 0 Å². The Labute approximate surface area is 190 Å². The molecule has 0 radical (unpaired) electrons. The van der Waals surface area contributed by atoms with Crippen LogP contribution in [0.5, 0.6) is 5.75 Å². The van der Waals surface area contributed by atoms with Crippen LogP contribution in [-0.4, -0.2) is 5.04 Å². The second-order valence-electron chi connectivity index (χ2n) is 6.01. The molecular formula is C21H16I2N2OS. The second kappa shape index (κ2) is 8.83. The monoisotopic (exact) mass is 598 g/mol. The van der Waals surface area contributed by atoms with Gasteiger partial charge in [0.05, 0.1) is 3.57 Å². The molecular weight excluding hydrogens is 582 g/mol. The molecule has 1 aliphatic rings. The molecule has 0 amide bonds. The van der Waals surface area contributed by atoms with E-state index in [4.69, 9.17) is 4.74 Å². The fourth-order valence-corrected chi connectivity index (χ4v) is 4.72. The number of nitrogens with zero attached hydrogens (tertiary/aromatic N) is 1. The maximum Gasteiger partial charge on any atom is 0.133 e. The van der Waals surface area contributed by atoms with Crippen LogP contribution < -0.4 is 10.2 Å². The Kier molecular flexibility index (Phi) is 6.24. The van der Waals surface area contributed by atoms with Crippen LogP contribution in [-0.2, 0) is 6.61 Å². The molecule has 0 aliphatic carbocycles. The summed E-state index contributed by atoms with van der Waals surface area (Å²) < 4.78 is 8.34. The molecule has 27 heavy (non-hydrogen) atoms. The molecule has 0 saturated carbocycles. The van der Waals surface area contributed by atoms with Crippen LogP contribution in [0.3, 0.4) is 0 Å². The van der Waals surface area contributed by atoms with Gasteiger partial charge in [0.1, 0.15) is 22.8 Å². The second-order valence-corrected chi connectivity index (χ2v) is 9.52. The van der Waals surface area contributed by atoms with Crippen LogP contribution >= 0.6 is 56.9 Å². The molecule has 4 rings (SSSR count). The topological polar surface area (TPSA) is 33.6 Å². The van der Waals surface area contributed by atoms with Crippen molar-refractivity contribution in [2.75, 3.05) is 0 Å². The molecule has 1 aliphatic heterocycles. The number of hydrogen-bond acceptors (Lipinski definition) is 4. The number of thioether (sulfide) groups is 1. The number of nitrogens with one attached hydrogen (secondary N) is 1. The van der Waals surface area contributed by atoms with Crippen LogP contribution in [0.2, 0.25) is 0 Å². The van der Waals surface area contributed by atoms with Crippen LogP contribution in [0.15, 0.2) is 77.9 Å². The summed E-state index contributed by atoms with van der Waals surface area (Å²) in [7, 11) is 0. The van der Waals surface area contributed by atoms with Gasteiger partial charge in [0.25, 0.3) is 0 Å². The van der Waals surface area contributed by atoms with E-state index in [0.717, 1.165) is 19.9 Å². The molecule has 0 bridgehead atoms. The minimum absolute atomic E-state index is 0.124. The maximum atomic E-state index is 6.00. The van der Waals surface area contributed by atoms with Gasteiger partial charge in [0, 0.05) is 9.13 Å². The lowest BCUT2D eigenvalue weighted by Crippen LogP contribution is -2.07. The Morgan fingerprint density at radius 2 is 1.74 bits per heavy atom. The summed E-state index contributed by atoms with van der Waals surface area (Å²) in [6, 6.07) is 25.0. The largest absolute Gasteiger partial charge is 0.488 e. The third-order valence-corrected chi connectivity index (χ3v) is 6.83. The predicted octanol–water partition coefficient (Wildman–Crippen LogP) is 6.17. The van der Waals surface area contributed by atoms with Crippen molar-refractivity contribution < 1.29 is 4.74 Å². The van der Waals surface area contributed by atoms with Gasteiger partial charge in [0.2, 0.25) is 0 Å². The average Bonchev–Trinajstić information content (AvgIpc) is 3.19. The van der Waals surface area contributed by atoms with E-state index in [-0.39, 0.29) is 5.37 Å². The number of ether oxygens (including phenoxy) is 1. The van der Waals surface area contributed by atoms with Crippen LogP contribution in [0.4, 0.5) is 0 Å². The fourth-order valence-electron chi connectivity index (χ4n) is 2.68. The first-order chi connectivity index (χ1) is 13.2. The van der Waals surface area contributed by atoms with E-state index in [2.05, 4.69) is 104 Å². The highest BCUT2D eigenvalue weighted by Crippen LogP contribution is 2.36. The molecule has 3 aromatic carbocycles. The number of halogens is 2. The lowest BCUT2D eigenvalue weighted by atomic mass is 10.2. The van der Waals surface area contributed by atoms with E-state index >= 15 is 0 Å². The van der Waals surface area contributed by atoms with Crippen molar-refractivity contribution in [2.45, 2.75) is 12.0 Å². The molecule has 3 nitrogen and oxygen atoms in total. The summed E-state index contributed by atoms with van der Waals surface area (Å²) in [5.41, 5.74) is 6.75. The summed E-state index contributed by atoms with van der Waals surface area (Å²) >= 11 is 6.38. The average molecular weight is 598 g/mol. The van der Waals surface area contributed by atoms with Crippen molar-refractivity contribution in [3.63, 3.8) is 0 Å². The zero-order valence-electron chi connectivity index (χ0n) is 14.2. The molecule has 1 N–H and O–H groups in total. The molecule has 0 fully saturated rings. The highest BCUT2D eigenvalue weighted by molar-refractivity contribution is 14.1. The Balaban J connectivity index is 1.41. The number of rotatable bonds is 5. The maximum absolute atomic E-state index is 6.00. The lowest BCUT2D eigenvalue weighted by molar-refractivity contribution is 0.304. The molecule has 1 atom stereocenters. The van der Waals surface area contributed by atoms with Gasteiger partial charge >= 0.3 is 0 Å². The Morgan fingerprint density at radius 3 is 2.48 bits per heavy atom. The van der Waals surface area contributed by atoms with Crippen molar-refractivity contribution in [3.8, 4) is 5.75 Å². The van der Waals surface area contributed by atoms with Gasteiger partial charge in [-0.3, -0.25) is 5.43 Å².